The zero-order valence-electron chi connectivity index (χ0n) is 14.1. The smallest absolute Gasteiger partial charge is 0.244 e. The second-order valence-electron chi connectivity index (χ2n) is 6.45. The molecule has 1 heterocycles. The van der Waals surface area contributed by atoms with Gasteiger partial charge < -0.3 is 4.90 Å². The van der Waals surface area contributed by atoms with Crippen LogP contribution in [0.4, 0.5) is 5.69 Å². The number of nitrogens with zero attached hydrogens (tertiary/aromatic N) is 2. The Morgan fingerprint density at radius 2 is 1.87 bits per heavy atom. The molecule has 1 aliphatic rings. The molecular formula is C20H24N2O. The van der Waals surface area contributed by atoms with Crippen LogP contribution in [0.25, 0.3) is 0 Å². The van der Waals surface area contributed by atoms with Crippen LogP contribution in [0.15, 0.2) is 48.5 Å². The van der Waals surface area contributed by atoms with Crippen LogP contribution in [0, 0.1) is 6.92 Å². The van der Waals surface area contributed by atoms with Crippen molar-refractivity contribution < 1.29 is 4.79 Å². The van der Waals surface area contributed by atoms with E-state index in [1.807, 2.05) is 37.1 Å². The number of hydrogen-bond donors (Lipinski definition) is 0. The van der Waals surface area contributed by atoms with Crippen LogP contribution in [0.5, 0.6) is 0 Å². The van der Waals surface area contributed by atoms with Gasteiger partial charge in [0.2, 0.25) is 5.91 Å². The molecule has 0 unspecified atom stereocenters. The summed E-state index contributed by atoms with van der Waals surface area (Å²) in [6.45, 7) is 5.66. The van der Waals surface area contributed by atoms with Crippen molar-refractivity contribution in [2.75, 3.05) is 18.5 Å². The van der Waals surface area contributed by atoms with Gasteiger partial charge in [0, 0.05) is 18.8 Å². The molecule has 0 fully saturated rings. The summed E-state index contributed by atoms with van der Waals surface area (Å²) in [5.41, 5.74) is 4.84. The van der Waals surface area contributed by atoms with E-state index >= 15 is 0 Å². The van der Waals surface area contributed by atoms with E-state index in [4.69, 9.17) is 0 Å². The Morgan fingerprint density at radius 3 is 2.61 bits per heavy atom. The molecule has 23 heavy (non-hydrogen) atoms. The molecule has 0 saturated carbocycles. The maximum Gasteiger partial charge on any atom is 0.244 e. The molecule has 0 N–H and O–H groups in total. The molecule has 0 spiro atoms. The minimum absolute atomic E-state index is 0.137. The molecule has 0 bridgehead atoms. The lowest BCUT2D eigenvalue weighted by atomic mass is 10.1. The number of anilines is 1. The van der Waals surface area contributed by atoms with Gasteiger partial charge in [0.25, 0.3) is 0 Å². The van der Waals surface area contributed by atoms with E-state index in [9.17, 15) is 4.79 Å². The molecular weight excluding hydrogens is 284 g/mol. The number of carbonyl (C=O) groups excluding carboxylic acids is 1. The Balaban J connectivity index is 1.69. The average molecular weight is 308 g/mol. The first-order valence-corrected chi connectivity index (χ1v) is 8.21. The second kappa shape index (κ2) is 6.55. The van der Waals surface area contributed by atoms with E-state index in [-0.39, 0.29) is 11.9 Å². The van der Waals surface area contributed by atoms with Crippen molar-refractivity contribution in [2.24, 2.45) is 0 Å². The van der Waals surface area contributed by atoms with E-state index in [1.54, 1.807) is 0 Å². The van der Waals surface area contributed by atoms with Crippen LogP contribution in [-0.2, 0) is 17.8 Å². The van der Waals surface area contributed by atoms with Crippen molar-refractivity contribution in [3.05, 3.63) is 65.2 Å². The van der Waals surface area contributed by atoms with Crippen LogP contribution in [-0.4, -0.2) is 30.4 Å². The Labute approximate surface area is 138 Å². The number of benzene rings is 2. The Morgan fingerprint density at radius 1 is 1.17 bits per heavy atom. The highest BCUT2D eigenvalue weighted by molar-refractivity contribution is 5.98. The molecule has 0 aromatic heterocycles. The topological polar surface area (TPSA) is 23.6 Å². The summed E-state index contributed by atoms with van der Waals surface area (Å²) >= 11 is 0. The molecule has 1 aliphatic heterocycles. The van der Waals surface area contributed by atoms with Crippen LogP contribution >= 0.6 is 0 Å². The third kappa shape index (κ3) is 3.30. The van der Waals surface area contributed by atoms with Gasteiger partial charge in [-0.15, -0.1) is 0 Å². The highest BCUT2D eigenvalue weighted by Gasteiger charge is 2.29. The maximum atomic E-state index is 12.9. The molecule has 0 saturated heterocycles. The molecule has 2 aromatic rings. The minimum Gasteiger partial charge on any atom is -0.310 e. The van der Waals surface area contributed by atoms with E-state index in [1.165, 1.54) is 16.7 Å². The number of likely N-dealkylation sites (N-methyl/N-ethyl adjacent to an activating group) is 1. The quantitative estimate of drug-likeness (QED) is 0.864. The Kier molecular flexibility index (Phi) is 4.49. The van der Waals surface area contributed by atoms with Crippen molar-refractivity contribution in [3.8, 4) is 0 Å². The number of rotatable bonds is 4. The van der Waals surface area contributed by atoms with Gasteiger partial charge in [-0.1, -0.05) is 48.0 Å². The largest absolute Gasteiger partial charge is 0.310 e. The van der Waals surface area contributed by atoms with Crippen molar-refractivity contribution in [2.45, 2.75) is 32.9 Å². The summed E-state index contributed by atoms with van der Waals surface area (Å²) in [5.74, 6) is 0.185. The van der Waals surface area contributed by atoms with E-state index in [2.05, 4.69) is 42.2 Å². The van der Waals surface area contributed by atoms with Gasteiger partial charge in [-0.2, -0.15) is 0 Å². The highest BCUT2D eigenvalue weighted by Crippen LogP contribution is 2.28. The van der Waals surface area contributed by atoms with Crippen LogP contribution in [0.3, 0.4) is 0 Å². The van der Waals surface area contributed by atoms with E-state index in [0.29, 0.717) is 0 Å². The molecule has 1 atom stereocenters. The fraction of sp³-hybridized carbons (Fsp3) is 0.350. The summed E-state index contributed by atoms with van der Waals surface area (Å²) in [4.78, 5) is 16.9. The molecule has 3 nitrogen and oxygen atoms in total. The van der Waals surface area contributed by atoms with Crippen molar-refractivity contribution >= 4 is 11.6 Å². The number of para-hydroxylation sites is 1. The SMILES string of the molecule is Cc1ccc(CN(C)[C@H](C)C(=O)N2CCc3ccccc32)cc1. The molecule has 120 valence electrons. The van der Waals surface area contributed by atoms with Crippen molar-refractivity contribution in [1.29, 1.82) is 0 Å². The van der Waals surface area contributed by atoms with Gasteiger partial charge in [-0.05, 0) is 44.5 Å². The predicted molar refractivity (Wildman–Crippen MR) is 94.6 cm³/mol. The number of aryl methyl sites for hydroxylation is 1. The van der Waals surface area contributed by atoms with Crippen LogP contribution in [0.1, 0.15) is 23.6 Å². The van der Waals surface area contributed by atoms with Gasteiger partial charge in [0.1, 0.15) is 0 Å². The molecule has 0 radical (unpaired) electrons. The Hall–Kier alpha value is -2.13. The fourth-order valence-electron chi connectivity index (χ4n) is 3.10. The average Bonchev–Trinajstić information content (AvgIpc) is 2.99. The lowest BCUT2D eigenvalue weighted by Gasteiger charge is -2.28. The first-order chi connectivity index (χ1) is 11.1. The maximum absolute atomic E-state index is 12.9. The van der Waals surface area contributed by atoms with E-state index in [0.717, 1.165) is 25.2 Å². The third-order valence-electron chi connectivity index (χ3n) is 4.72. The zero-order valence-corrected chi connectivity index (χ0v) is 14.1. The fourth-order valence-corrected chi connectivity index (χ4v) is 3.10. The number of amides is 1. The number of carbonyl (C=O) groups is 1. The van der Waals surface area contributed by atoms with Crippen LogP contribution in [0.2, 0.25) is 0 Å². The molecule has 2 aromatic carbocycles. The van der Waals surface area contributed by atoms with Crippen molar-refractivity contribution in [1.82, 2.24) is 4.90 Å². The standard InChI is InChI=1S/C20H24N2O/c1-15-8-10-17(11-9-15)14-21(3)16(2)20(23)22-13-12-18-6-4-5-7-19(18)22/h4-11,16H,12-14H2,1-3H3/t16-/m1/s1. The molecule has 1 amide bonds. The summed E-state index contributed by atoms with van der Waals surface area (Å²) in [6.07, 6.45) is 0.955. The summed E-state index contributed by atoms with van der Waals surface area (Å²) in [5, 5.41) is 0. The third-order valence-corrected chi connectivity index (χ3v) is 4.72. The zero-order chi connectivity index (χ0) is 16.4. The van der Waals surface area contributed by atoms with Gasteiger partial charge in [-0.3, -0.25) is 9.69 Å². The first kappa shape index (κ1) is 15.8. The monoisotopic (exact) mass is 308 g/mol. The first-order valence-electron chi connectivity index (χ1n) is 8.21. The molecule has 3 rings (SSSR count). The highest BCUT2D eigenvalue weighted by atomic mass is 16.2. The normalized spacial score (nSPS) is 14.9. The van der Waals surface area contributed by atoms with Crippen LogP contribution < -0.4 is 4.90 Å². The minimum atomic E-state index is -0.137. The lowest BCUT2D eigenvalue weighted by Crippen LogP contribution is -2.45. The predicted octanol–water partition coefficient (Wildman–Crippen LogP) is 3.40. The van der Waals surface area contributed by atoms with Gasteiger partial charge in [0.05, 0.1) is 6.04 Å². The lowest BCUT2D eigenvalue weighted by molar-refractivity contribution is -0.122. The summed E-state index contributed by atoms with van der Waals surface area (Å²) in [7, 11) is 2.02. The molecule has 0 aliphatic carbocycles. The second-order valence-corrected chi connectivity index (χ2v) is 6.45. The number of fused-ring (bicyclic) bond motifs is 1. The van der Waals surface area contributed by atoms with Gasteiger partial charge in [0.15, 0.2) is 0 Å². The van der Waals surface area contributed by atoms with Crippen molar-refractivity contribution in [3.63, 3.8) is 0 Å². The molecule has 3 heteroatoms. The summed E-state index contributed by atoms with van der Waals surface area (Å²) < 4.78 is 0. The van der Waals surface area contributed by atoms with E-state index < -0.39 is 0 Å². The number of hydrogen-bond acceptors (Lipinski definition) is 2. The van der Waals surface area contributed by atoms with Gasteiger partial charge >= 0.3 is 0 Å². The Bertz CT molecular complexity index is 693. The van der Waals surface area contributed by atoms with Gasteiger partial charge in [-0.25, -0.2) is 0 Å². The summed E-state index contributed by atoms with van der Waals surface area (Å²) in [6, 6.07) is 16.6.